The van der Waals surface area contributed by atoms with Gasteiger partial charge in [-0.2, -0.15) is 0 Å². The Kier molecular flexibility index (Phi) is 0.654. The molecule has 1 nitrogen and oxygen atoms in total. The van der Waals surface area contributed by atoms with Crippen LogP contribution in [-0.2, 0) is 0 Å². The minimum atomic E-state index is 0.0648. The lowest BCUT2D eigenvalue weighted by atomic mass is 9.54. The summed E-state index contributed by atoms with van der Waals surface area (Å²) >= 11 is 0. The minimum Gasteiger partial charge on any atom is -0.402 e. The average Bonchev–Trinajstić information content (AvgIpc) is 1.30. The van der Waals surface area contributed by atoms with Crippen molar-refractivity contribution in [2.24, 2.45) is 0 Å². The van der Waals surface area contributed by atoms with Gasteiger partial charge in [-0.15, -0.1) is 0 Å². The Bertz CT molecular complexity index is 33.9. The normalized spacial score (nSPS) is 35.0. The average molecular weight is 69.9 g/mol. The molecule has 1 unspecified atom stereocenters. The van der Waals surface area contributed by atoms with Crippen molar-refractivity contribution in [1.29, 1.82) is 0 Å². The third kappa shape index (κ3) is 0.455. The van der Waals surface area contributed by atoms with Crippen LogP contribution < -0.4 is 0 Å². The van der Waals surface area contributed by atoms with Crippen LogP contribution in [0.25, 0.3) is 0 Å². The van der Waals surface area contributed by atoms with Gasteiger partial charge in [0.2, 0.25) is 0 Å². The number of rotatable bonds is 0. The van der Waals surface area contributed by atoms with Crippen LogP contribution in [-0.4, -0.2) is 18.4 Å². The van der Waals surface area contributed by atoms with Crippen LogP contribution in [0, 0.1) is 0 Å². The number of aliphatic hydroxyl groups is 1. The summed E-state index contributed by atoms with van der Waals surface area (Å²) in [6, 6.07) is 0.0648. The van der Waals surface area contributed by atoms with Crippen molar-refractivity contribution in [1.82, 2.24) is 0 Å². The third-order valence-corrected chi connectivity index (χ3v) is 1.07. The van der Waals surface area contributed by atoms with E-state index >= 15 is 0 Å². The highest BCUT2D eigenvalue weighted by molar-refractivity contribution is 6.40. The summed E-state index contributed by atoms with van der Waals surface area (Å²) in [7, 11) is 1.04. The summed E-state index contributed by atoms with van der Waals surface area (Å²) in [5.74, 6) is 0. The Morgan fingerprint density at radius 1 is 1.80 bits per heavy atom. The molecular formula is C3H7BO. The summed E-state index contributed by atoms with van der Waals surface area (Å²) in [6.07, 6.45) is 2.28. The smallest absolute Gasteiger partial charge is 0.157 e. The van der Waals surface area contributed by atoms with E-state index in [1.807, 2.05) is 0 Å². The van der Waals surface area contributed by atoms with Crippen molar-refractivity contribution in [3.63, 3.8) is 0 Å². The first-order valence-corrected chi connectivity index (χ1v) is 2.07. The summed E-state index contributed by atoms with van der Waals surface area (Å²) < 4.78 is 0. The van der Waals surface area contributed by atoms with Gasteiger partial charge in [-0.1, -0.05) is 6.32 Å². The summed E-state index contributed by atoms with van der Waals surface area (Å²) in [5.41, 5.74) is 0. The van der Waals surface area contributed by atoms with Gasteiger partial charge in [0.25, 0.3) is 0 Å². The molecule has 1 atom stereocenters. The molecule has 0 spiro atoms. The molecular weight excluding hydrogens is 62.8 g/mol. The monoisotopic (exact) mass is 70.1 g/mol. The van der Waals surface area contributed by atoms with Crippen molar-refractivity contribution >= 4 is 7.28 Å². The Morgan fingerprint density at radius 2 is 2.20 bits per heavy atom. The highest BCUT2D eigenvalue weighted by atomic mass is 16.3. The van der Waals surface area contributed by atoms with Crippen molar-refractivity contribution in [3.05, 3.63) is 0 Å². The molecule has 1 N–H and O–H groups in total. The van der Waals surface area contributed by atoms with Gasteiger partial charge in [0.1, 0.15) is 0 Å². The van der Waals surface area contributed by atoms with Gasteiger partial charge in [0, 0.05) is 6.00 Å². The van der Waals surface area contributed by atoms with Crippen LogP contribution in [0.2, 0.25) is 6.32 Å². The molecule has 28 valence electrons. The SMILES string of the molecule is OC1BCC1. The highest BCUT2D eigenvalue weighted by Crippen LogP contribution is 2.07. The maximum atomic E-state index is 8.45. The summed E-state index contributed by atoms with van der Waals surface area (Å²) in [5, 5.41) is 8.45. The Morgan fingerprint density at radius 3 is 2.20 bits per heavy atom. The minimum absolute atomic E-state index is 0.0648. The third-order valence-electron chi connectivity index (χ3n) is 1.07. The Labute approximate surface area is 32.2 Å². The molecule has 1 heterocycles. The lowest BCUT2D eigenvalue weighted by Gasteiger charge is -2.15. The molecule has 5 heavy (non-hydrogen) atoms. The van der Waals surface area contributed by atoms with Crippen LogP contribution >= 0.6 is 0 Å². The zero-order chi connectivity index (χ0) is 3.70. The van der Waals surface area contributed by atoms with Crippen molar-refractivity contribution in [2.45, 2.75) is 18.7 Å². The van der Waals surface area contributed by atoms with Gasteiger partial charge in [0.15, 0.2) is 7.28 Å². The molecule has 0 radical (unpaired) electrons. The van der Waals surface area contributed by atoms with Gasteiger partial charge in [-0.05, 0) is 6.42 Å². The molecule has 0 saturated carbocycles. The van der Waals surface area contributed by atoms with Crippen molar-refractivity contribution in [3.8, 4) is 0 Å². The van der Waals surface area contributed by atoms with Crippen molar-refractivity contribution in [2.75, 3.05) is 0 Å². The van der Waals surface area contributed by atoms with E-state index in [1.54, 1.807) is 0 Å². The molecule has 0 bridgehead atoms. The van der Waals surface area contributed by atoms with Crippen LogP contribution in [0.5, 0.6) is 0 Å². The predicted molar refractivity (Wildman–Crippen MR) is 22.6 cm³/mol. The molecule has 1 fully saturated rings. The number of hydrogen-bond donors (Lipinski definition) is 1. The number of aliphatic hydroxyl groups excluding tert-OH is 1. The first-order chi connectivity index (χ1) is 2.39. The molecule has 1 saturated heterocycles. The lowest BCUT2D eigenvalue weighted by molar-refractivity contribution is 0.228. The lowest BCUT2D eigenvalue weighted by Crippen LogP contribution is -2.26. The molecule has 1 aliphatic rings. The summed E-state index contributed by atoms with van der Waals surface area (Å²) in [4.78, 5) is 0. The Balaban J connectivity index is 2.08. The fraction of sp³-hybridized carbons (Fsp3) is 1.00. The first kappa shape index (κ1) is 3.22. The molecule has 0 amide bonds. The van der Waals surface area contributed by atoms with Crippen LogP contribution in [0.4, 0.5) is 0 Å². The standard InChI is InChI=1S/C3H7BO/c5-3-1-2-4-3/h3-5H,1-2H2. The van der Waals surface area contributed by atoms with Gasteiger partial charge < -0.3 is 5.11 Å². The van der Waals surface area contributed by atoms with Gasteiger partial charge in [0.05, 0.1) is 0 Å². The topological polar surface area (TPSA) is 20.2 Å². The molecule has 0 aromatic rings. The van der Waals surface area contributed by atoms with E-state index in [0.29, 0.717) is 0 Å². The molecule has 1 rings (SSSR count). The van der Waals surface area contributed by atoms with Crippen molar-refractivity contribution < 1.29 is 5.11 Å². The molecule has 0 aromatic heterocycles. The van der Waals surface area contributed by atoms with E-state index in [1.165, 1.54) is 6.32 Å². The molecule has 0 aromatic carbocycles. The molecule has 1 aliphatic heterocycles. The second kappa shape index (κ2) is 1.01. The zero-order valence-corrected chi connectivity index (χ0v) is 3.15. The number of hydrogen-bond acceptors (Lipinski definition) is 1. The van der Waals surface area contributed by atoms with Gasteiger partial charge in [-0.25, -0.2) is 0 Å². The molecule has 0 aliphatic carbocycles. The van der Waals surface area contributed by atoms with Crippen LogP contribution in [0.1, 0.15) is 6.42 Å². The van der Waals surface area contributed by atoms with E-state index in [9.17, 15) is 0 Å². The second-order valence-electron chi connectivity index (χ2n) is 1.58. The first-order valence-electron chi connectivity index (χ1n) is 2.07. The van der Waals surface area contributed by atoms with Gasteiger partial charge >= 0.3 is 0 Å². The fourth-order valence-corrected chi connectivity index (χ4v) is 0.387. The largest absolute Gasteiger partial charge is 0.402 e. The quantitative estimate of drug-likeness (QED) is 0.383. The maximum absolute atomic E-state index is 8.45. The molecule has 2 heteroatoms. The Hall–Kier alpha value is 0.0249. The van der Waals surface area contributed by atoms with E-state index < -0.39 is 0 Å². The summed E-state index contributed by atoms with van der Waals surface area (Å²) in [6.45, 7) is 0. The van der Waals surface area contributed by atoms with Crippen LogP contribution in [0.3, 0.4) is 0 Å². The predicted octanol–water partition coefficient (Wildman–Crippen LogP) is -0.437. The van der Waals surface area contributed by atoms with E-state index in [0.717, 1.165) is 13.7 Å². The zero-order valence-electron chi connectivity index (χ0n) is 3.15. The van der Waals surface area contributed by atoms with E-state index in [2.05, 4.69) is 0 Å². The van der Waals surface area contributed by atoms with Gasteiger partial charge in [-0.3, -0.25) is 0 Å². The fourth-order valence-electron chi connectivity index (χ4n) is 0.387. The highest BCUT2D eigenvalue weighted by Gasteiger charge is 2.14. The van der Waals surface area contributed by atoms with E-state index in [-0.39, 0.29) is 6.00 Å². The van der Waals surface area contributed by atoms with Crippen LogP contribution in [0.15, 0.2) is 0 Å². The maximum Gasteiger partial charge on any atom is 0.157 e. The second-order valence-corrected chi connectivity index (χ2v) is 1.58. The van der Waals surface area contributed by atoms with E-state index in [4.69, 9.17) is 5.11 Å².